The van der Waals surface area contributed by atoms with Gasteiger partial charge in [0.15, 0.2) is 5.96 Å². The maximum Gasteiger partial charge on any atom is 0.191 e. The Labute approximate surface area is 202 Å². The second-order valence-corrected chi connectivity index (χ2v) is 8.10. The third kappa shape index (κ3) is 7.76. The highest BCUT2D eigenvalue weighted by molar-refractivity contribution is 14.0. The summed E-state index contributed by atoms with van der Waals surface area (Å²) in [6.45, 7) is 4.04. The first-order valence-corrected chi connectivity index (χ1v) is 10.7. The molecule has 0 spiro atoms. The fraction of sp³-hybridized carbons (Fsp3) is 0.522. The number of guanidine groups is 1. The van der Waals surface area contributed by atoms with E-state index in [1.54, 1.807) is 13.3 Å². The number of halogens is 2. The molecular weight excluding hydrogens is 508 g/mol. The van der Waals surface area contributed by atoms with Crippen LogP contribution in [0.3, 0.4) is 0 Å². The van der Waals surface area contributed by atoms with E-state index in [1.165, 1.54) is 25.3 Å². The lowest BCUT2D eigenvalue weighted by molar-refractivity contribution is 0.146. The second kappa shape index (κ2) is 13.0. The summed E-state index contributed by atoms with van der Waals surface area (Å²) in [5.41, 5.74) is 1.72. The fourth-order valence-corrected chi connectivity index (χ4v) is 3.92. The van der Waals surface area contributed by atoms with Crippen LogP contribution < -0.4 is 10.6 Å². The van der Waals surface area contributed by atoms with Crippen LogP contribution in [0.25, 0.3) is 0 Å². The van der Waals surface area contributed by atoms with Gasteiger partial charge in [-0.2, -0.15) is 0 Å². The Balaban J connectivity index is 0.00000341. The Morgan fingerprint density at radius 3 is 2.61 bits per heavy atom. The molecule has 8 heteroatoms. The van der Waals surface area contributed by atoms with Crippen molar-refractivity contribution in [1.82, 2.24) is 20.4 Å². The molecule has 31 heavy (non-hydrogen) atoms. The minimum atomic E-state index is -0.169. The van der Waals surface area contributed by atoms with Crippen LogP contribution in [0.1, 0.15) is 42.2 Å². The molecule has 1 aromatic carbocycles. The van der Waals surface area contributed by atoms with Crippen LogP contribution in [0.4, 0.5) is 4.39 Å². The zero-order chi connectivity index (χ0) is 21.3. The van der Waals surface area contributed by atoms with E-state index < -0.39 is 0 Å². The van der Waals surface area contributed by atoms with Crippen molar-refractivity contribution in [3.05, 3.63) is 59.3 Å². The predicted molar refractivity (Wildman–Crippen MR) is 134 cm³/mol. The number of piperidine rings is 1. The summed E-state index contributed by atoms with van der Waals surface area (Å²) in [5, 5.41) is 6.78. The molecular formula is C23H35FIN5O. The molecule has 2 aromatic rings. The number of hydrogen-bond donors (Lipinski definition) is 2. The van der Waals surface area contributed by atoms with Gasteiger partial charge >= 0.3 is 0 Å². The van der Waals surface area contributed by atoms with Crippen molar-refractivity contribution >= 4 is 29.9 Å². The summed E-state index contributed by atoms with van der Waals surface area (Å²) in [7, 11) is 5.64. The van der Waals surface area contributed by atoms with Gasteiger partial charge in [0, 0.05) is 32.2 Å². The molecule has 0 bridgehead atoms. The maximum atomic E-state index is 14.0. The Kier molecular flexibility index (Phi) is 10.8. The molecule has 1 fully saturated rings. The van der Waals surface area contributed by atoms with Gasteiger partial charge in [0.2, 0.25) is 0 Å². The number of hydrogen-bond acceptors (Lipinski definition) is 4. The molecule has 1 aliphatic rings. The van der Waals surface area contributed by atoms with Crippen LogP contribution in [0.15, 0.2) is 46.0 Å². The monoisotopic (exact) mass is 543 g/mol. The first kappa shape index (κ1) is 25.6. The van der Waals surface area contributed by atoms with Crippen molar-refractivity contribution < 1.29 is 8.81 Å². The number of likely N-dealkylation sites (tertiary alicyclic amines) is 1. The lowest BCUT2D eigenvalue weighted by Crippen LogP contribution is -2.44. The maximum absolute atomic E-state index is 14.0. The number of benzene rings is 1. The highest BCUT2D eigenvalue weighted by Crippen LogP contribution is 2.24. The molecule has 1 saturated heterocycles. The summed E-state index contributed by atoms with van der Waals surface area (Å²) in [4.78, 5) is 8.80. The van der Waals surface area contributed by atoms with Crippen LogP contribution in [0.5, 0.6) is 0 Å². The number of nitrogens with one attached hydrogen (secondary N) is 2. The van der Waals surface area contributed by atoms with Gasteiger partial charge in [0.05, 0.1) is 12.3 Å². The molecule has 2 N–H and O–H groups in total. The van der Waals surface area contributed by atoms with Gasteiger partial charge in [0.25, 0.3) is 0 Å². The Bertz CT molecular complexity index is 806. The predicted octanol–water partition coefficient (Wildman–Crippen LogP) is 3.99. The third-order valence-electron chi connectivity index (χ3n) is 5.45. The van der Waals surface area contributed by atoms with Gasteiger partial charge in [-0.05, 0) is 69.9 Å². The summed E-state index contributed by atoms with van der Waals surface area (Å²) in [6.07, 6.45) is 5.48. The van der Waals surface area contributed by atoms with E-state index in [-0.39, 0.29) is 35.8 Å². The van der Waals surface area contributed by atoms with E-state index in [2.05, 4.69) is 20.5 Å². The molecule has 3 rings (SSSR count). The summed E-state index contributed by atoms with van der Waals surface area (Å²) >= 11 is 0. The molecule has 0 amide bonds. The Morgan fingerprint density at radius 1 is 1.19 bits per heavy atom. The minimum absolute atomic E-state index is 0. The van der Waals surface area contributed by atoms with E-state index >= 15 is 0 Å². The van der Waals surface area contributed by atoms with Crippen molar-refractivity contribution in [2.75, 3.05) is 40.8 Å². The summed E-state index contributed by atoms with van der Waals surface area (Å²) in [6, 6.07) is 9.43. The number of nitrogens with zero attached hydrogens (tertiary/aromatic N) is 3. The highest BCUT2D eigenvalue weighted by Gasteiger charge is 2.24. The van der Waals surface area contributed by atoms with E-state index in [0.717, 1.165) is 30.4 Å². The van der Waals surface area contributed by atoms with E-state index in [9.17, 15) is 4.39 Å². The molecule has 1 aromatic heterocycles. The molecule has 1 aliphatic heterocycles. The van der Waals surface area contributed by atoms with Crippen molar-refractivity contribution in [2.24, 2.45) is 4.99 Å². The molecule has 1 atom stereocenters. The standard InChI is InChI=1S/C23H34FN5O.HI/c1-25-23(26-15-18-9-10-20(24)19(14-18)17-28(2)3)27-16-21(22-8-7-13-30-22)29-11-5-4-6-12-29;/h7-10,13-14,21H,4-6,11-12,15-17H2,1-3H3,(H2,25,26,27);1H. The molecule has 0 aliphatic carbocycles. The smallest absolute Gasteiger partial charge is 0.191 e. The van der Waals surface area contributed by atoms with Gasteiger partial charge in [-0.3, -0.25) is 9.89 Å². The van der Waals surface area contributed by atoms with Crippen molar-refractivity contribution in [3.63, 3.8) is 0 Å². The zero-order valence-electron chi connectivity index (χ0n) is 18.7. The zero-order valence-corrected chi connectivity index (χ0v) is 21.1. The van der Waals surface area contributed by atoms with Crippen LogP contribution in [0.2, 0.25) is 0 Å². The number of furan rings is 1. The summed E-state index contributed by atoms with van der Waals surface area (Å²) in [5.74, 6) is 1.53. The largest absolute Gasteiger partial charge is 0.468 e. The van der Waals surface area contributed by atoms with Gasteiger partial charge in [-0.25, -0.2) is 4.39 Å². The minimum Gasteiger partial charge on any atom is -0.468 e. The average molecular weight is 543 g/mol. The molecule has 2 heterocycles. The van der Waals surface area contributed by atoms with Gasteiger partial charge in [-0.1, -0.05) is 12.5 Å². The Hall–Kier alpha value is -1.65. The molecule has 172 valence electrons. The lowest BCUT2D eigenvalue weighted by Gasteiger charge is -2.33. The number of aliphatic imine (C=N–C) groups is 1. The van der Waals surface area contributed by atoms with Gasteiger partial charge < -0.3 is 20.0 Å². The van der Waals surface area contributed by atoms with Crippen molar-refractivity contribution in [1.29, 1.82) is 0 Å². The van der Waals surface area contributed by atoms with Gasteiger partial charge in [0.1, 0.15) is 11.6 Å². The van der Waals surface area contributed by atoms with E-state index in [1.807, 2.05) is 43.3 Å². The third-order valence-corrected chi connectivity index (χ3v) is 5.45. The first-order valence-electron chi connectivity index (χ1n) is 10.7. The van der Waals surface area contributed by atoms with Crippen molar-refractivity contribution in [3.8, 4) is 0 Å². The van der Waals surface area contributed by atoms with Crippen LogP contribution >= 0.6 is 24.0 Å². The molecule has 6 nitrogen and oxygen atoms in total. The van der Waals surface area contributed by atoms with Crippen LogP contribution in [-0.2, 0) is 13.1 Å². The fourth-order valence-electron chi connectivity index (χ4n) is 3.92. The Morgan fingerprint density at radius 2 is 1.97 bits per heavy atom. The van der Waals surface area contributed by atoms with E-state index in [0.29, 0.717) is 25.2 Å². The number of rotatable bonds is 8. The van der Waals surface area contributed by atoms with Crippen LogP contribution in [0, 0.1) is 5.82 Å². The second-order valence-electron chi connectivity index (χ2n) is 8.10. The highest BCUT2D eigenvalue weighted by atomic mass is 127. The normalized spacial score (nSPS) is 16.1. The van der Waals surface area contributed by atoms with E-state index in [4.69, 9.17) is 4.42 Å². The quantitative estimate of drug-likeness (QED) is 0.300. The first-order chi connectivity index (χ1) is 14.6. The average Bonchev–Trinajstić information content (AvgIpc) is 3.27. The molecule has 1 unspecified atom stereocenters. The van der Waals surface area contributed by atoms with Gasteiger partial charge in [-0.15, -0.1) is 24.0 Å². The molecule has 0 radical (unpaired) electrons. The topological polar surface area (TPSA) is 56.0 Å². The van der Waals surface area contributed by atoms with Crippen molar-refractivity contribution in [2.45, 2.75) is 38.4 Å². The summed E-state index contributed by atoms with van der Waals surface area (Å²) < 4.78 is 19.7. The molecule has 0 saturated carbocycles. The SMILES string of the molecule is CN=C(NCc1ccc(F)c(CN(C)C)c1)NCC(c1ccco1)N1CCCCC1.I. The van der Waals surface area contributed by atoms with Crippen LogP contribution in [-0.4, -0.2) is 56.5 Å². The lowest BCUT2D eigenvalue weighted by atomic mass is 10.1.